The summed E-state index contributed by atoms with van der Waals surface area (Å²) in [4.78, 5) is 4.21. The fourth-order valence-corrected chi connectivity index (χ4v) is 2.13. The Balaban J connectivity index is 2.26. The van der Waals surface area contributed by atoms with Crippen LogP contribution in [-0.4, -0.2) is 18.6 Å². The van der Waals surface area contributed by atoms with Crippen LogP contribution < -0.4 is 10.1 Å². The van der Waals surface area contributed by atoms with Crippen molar-refractivity contribution in [3.8, 4) is 5.75 Å². The quantitative estimate of drug-likeness (QED) is 0.881. The topological polar surface area (TPSA) is 47.3 Å². The molecule has 0 radical (unpaired) electrons. The maximum atomic E-state index is 6.03. The summed E-state index contributed by atoms with van der Waals surface area (Å²) in [7, 11) is 1.87. The summed E-state index contributed by atoms with van der Waals surface area (Å²) in [6, 6.07) is 3.75. The average Bonchev–Trinajstić information content (AvgIpc) is 2.84. The summed E-state index contributed by atoms with van der Waals surface area (Å²) in [6.07, 6.45) is 6.05. The van der Waals surface area contributed by atoms with Crippen LogP contribution in [0.15, 0.2) is 35.2 Å². The van der Waals surface area contributed by atoms with Crippen molar-refractivity contribution in [3.63, 3.8) is 0 Å². The molecule has 2 heterocycles. The largest absolute Gasteiger partial charge is 0.492 e. The van der Waals surface area contributed by atoms with Crippen LogP contribution in [0.2, 0.25) is 5.22 Å². The van der Waals surface area contributed by atoms with E-state index in [-0.39, 0.29) is 6.04 Å². The van der Waals surface area contributed by atoms with Gasteiger partial charge in [0.1, 0.15) is 5.75 Å². The number of rotatable bonds is 6. The fraction of sp³-hybridized carbons (Fsp3) is 0.357. The lowest BCUT2D eigenvalue weighted by Crippen LogP contribution is -2.17. The Kier molecular flexibility index (Phi) is 4.82. The van der Waals surface area contributed by atoms with Crippen LogP contribution in [0.1, 0.15) is 30.5 Å². The zero-order valence-electron chi connectivity index (χ0n) is 11.0. The third-order valence-electron chi connectivity index (χ3n) is 2.79. The van der Waals surface area contributed by atoms with E-state index in [1.165, 1.54) is 0 Å². The minimum atomic E-state index is -0.0658. The first-order valence-electron chi connectivity index (χ1n) is 6.24. The lowest BCUT2D eigenvalue weighted by atomic mass is 10.0. The van der Waals surface area contributed by atoms with Crippen molar-refractivity contribution in [2.45, 2.75) is 19.4 Å². The molecule has 102 valence electrons. The van der Waals surface area contributed by atoms with Crippen molar-refractivity contribution in [3.05, 3.63) is 47.1 Å². The van der Waals surface area contributed by atoms with Crippen molar-refractivity contribution < 1.29 is 9.15 Å². The van der Waals surface area contributed by atoms with Crippen LogP contribution in [0.5, 0.6) is 5.75 Å². The summed E-state index contributed by atoms with van der Waals surface area (Å²) in [5, 5.41) is 3.59. The molecule has 2 aromatic heterocycles. The molecule has 1 unspecified atom stereocenters. The molecule has 0 saturated carbocycles. The number of ether oxygens (including phenoxy) is 1. The Hall–Kier alpha value is -1.52. The lowest BCUT2D eigenvalue weighted by molar-refractivity contribution is 0.315. The second-order valence-electron chi connectivity index (χ2n) is 4.17. The lowest BCUT2D eigenvalue weighted by Gasteiger charge is -2.16. The van der Waals surface area contributed by atoms with Gasteiger partial charge < -0.3 is 14.5 Å². The SMILES string of the molecule is CCCOc1cncc(C(NC)c2ccoc2Cl)c1. The molecule has 4 nitrogen and oxygen atoms in total. The second-order valence-corrected chi connectivity index (χ2v) is 4.52. The second kappa shape index (κ2) is 6.59. The predicted molar refractivity (Wildman–Crippen MR) is 74.6 cm³/mol. The number of nitrogens with zero attached hydrogens (tertiary/aromatic N) is 1. The van der Waals surface area contributed by atoms with Gasteiger partial charge in [-0.1, -0.05) is 6.92 Å². The molecule has 2 aromatic rings. The van der Waals surface area contributed by atoms with E-state index in [9.17, 15) is 0 Å². The molecule has 1 atom stereocenters. The maximum absolute atomic E-state index is 6.03. The van der Waals surface area contributed by atoms with Crippen molar-refractivity contribution in [1.29, 1.82) is 0 Å². The smallest absolute Gasteiger partial charge is 0.198 e. The predicted octanol–water partition coefficient (Wildman–Crippen LogP) is 3.43. The Bertz CT molecular complexity index is 528. The Morgan fingerprint density at radius 1 is 1.47 bits per heavy atom. The fourth-order valence-electron chi connectivity index (χ4n) is 1.90. The van der Waals surface area contributed by atoms with Gasteiger partial charge >= 0.3 is 0 Å². The molecule has 0 aliphatic carbocycles. The molecule has 0 saturated heterocycles. The minimum absolute atomic E-state index is 0.0658. The Morgan fingerprint density at radius 2 is 2.32 bits per heavy atom. The highest BCUT2D eigenvalue weighted by Crippen LogP contribution is 2.29. The zero-order chi connectivity index (χ0) is 13.7. The van der Waals surface area contributed by atoms with Crippen molar-refractivity contribution >= 4 is 11.6 Å². The first-order valence-corrected chi connectivity index (χ1v) is 6.62. The van der Waals surface area contributed by atoms with E-state index >= 15 is 0 Å². The van der Waals surface area contributed by atoms with Gasteiger partial charge in [-0.05, 0) is 42.8 Å². The Morgan fingerprint density at radius 3 is 2.95 bits per heavy atom. The molecule has 19 heavy (non-hydrogen) atoms. The normalized spacial score (nSPS) is 12.4. The van der Waals surface area contributed by atoms with Gasteiger partial charge in [-0.15, -0.1) is 0 Å². The van der Waals surface area contributed by atoms with Gasteiger partial charge in [-0.2, -0.15) is 0 Å². The molecule has 2 rings (SSSR count). The van der Waals surface area contributed by atoms with E-state index in [1.54, 1.807) is 18.7 Å². The number of halogens is 1. The number of hydrogen-bond donors (Lipinski definition) is 1. The van der Waals surface area contributed by atoms with Crippen LogP contribution in [0.4, 0.5) is 0 Å². The third-order valence-corrected chi connectivity index (χ3v) is 3.09. The summed E-state index contributed by atoms with van der Waals surface area (Å²) in [6.45, 7) is 2.75. The minimum Gasteiger partial charge on any atom is -0.492 e. The molecular formula is C14H17ClN2O2. The molecule has 0 amide bonds. The van der Waals surface area contributed by atoms with Crippen molar-refractivity contribution in [2.75, 3.05) is 13.7 Å². The van der Waals surface area contributed by atoms with Gasteiger partial charge in [-0.25, -0.2) is 0 Å². The first kappa shape index (κ1) is 13.9. The molecule has 0 spiro atoms. The van der Waals surface area contributed by atoms with Crippen molar-refractivity contribution in [1.82, 2.24) is 10.3 Å². The first-order chi connectivity index (χ1) is 9.26. The average molecular weight is 281 g/mol. The van der Waals surface area contributed by atoms with E-state index in [0.29, 0.717) is 11.8 Å². The highest BCUT2D eigenvalue weighted by Gasteiger charge is 2.18. The van der Waals surface area contributed by atoms with Crippen LogP contribution in [0, 0.1) is 0 Å². The molecule has 0 aliphatic rings. The summed E-state index contributed by atoms with van der Waals surface area (Å²) >= 11 is 6.03. The van der Waals surface area contributed by atoms with Crippen LogP contribution >= 0.6 is 11.6 Å². The standard InChI is InChI=1S/C14H17ClN2O2/c1-3-5-18-11-7-10(8-17-9-11)13(16-2)12-4-6-19-14(12)15/h4,6-9,13,16H,3,5H2,1-2H3. The Labute approximate surface area is 117 Å². The van der Waals surface area contributed by atoms with Gasteiger partial charge in [-0.3, -0.25) is 4.98 Å². The van der Waals surface area contributed by atoms with Gasteiger partial charge in [0.2, 0.25) is 0 Å². The maximum Gasteiger partial charge on any atom is 0.198 e. The number of nitrogens with one attached hydrogen (secondary N) is 1. The van der Waals surface area contributed by atoms with Gasteiger partial charge in [0.15, 0.2) is 5.22 Å². The van der Waals surface area contributed by atoms with E-state index in [0.717, 1.165) is 23.3 Å². The molecule has 5 heteroatoms. The van der Waals surface area contributed by atoms with Crippen LogP contribution in [0.25, 0.3) is 0 Å². The van der Waals surface area contributed by atoms with E-state index in [4.69, 9.17) is 20.8 Å². The summed E-state index contributed by atoms with van der Waals surface area (Å²) in [5.41, 5.74) is 1.87. The number of furan rings is 1. The number of hydrogen-bond acceptors (Lipinski definition) is 4. The molecule has 0 aliphatic heterocycles. The zero-order valence-corrected chi connectivity index (χ0v) is 11.8. The van der Waals surface area contributed by atoms with Crippen LogP contribution in [-0.2, 0) is 0 Å². The molecule has 0 bridgehead atoms. The molecule has 1 N–H and O–H groups in total. The van der Waals surface area contributed by atoms with Crippen molar-refractivity contribution in [2.24, 2.45) is 0 Å². The molecular weight excluding hydrogens is 264 g/mol. The van der Waals surface area contributed by atoms with Gasteiger partial charge in [0.05, 0.1) is 25.1 Å². The van der Waals surface area contributed by atoms with Gasteiger partial charge in [0, 0.05) is 11.8 Å². The highest BCUT2D eigenvalue weighted by atomic mass is 35.5. The molecule has 0 fully saturated rings. The number of pyridine rings is 1. The third kappa shape index (κ3) is 3.28. The number of aromatic nitrogens is 1. The molecule has 0 aromatic carbocycles. The summed E-state index contributed by atoms with van der Waals surface area (Å²) in [5.74, 6) is 0.763. The monoisotopic (exact) mass is 280 g/mol. The van der Waals surface area contributed by atoms with E-state index in [2.05, 4.69) is 17.2 Å². The van der Waals surface area contributed by atoms with E-state index < -0.39 is 0 Å². The summed E-state index contributed by atoms with van der Waals surface area (Å²) < 4.78 is 10.7. The van der Waals surface area contributed by atoms with E-state index in [1.807, 2.05) is 19.2 Å². The van der Waals surface area contributed by atoms with Gasteiger partial charge in [0.25, 0.3) is 0 Å². The van der Waals surface area contributed by atoms with Crippen LogP contribution in [0.3, 0.4) is 0 Å². The highest BCUT2D eigenvalue weighted by molar-refractivity contribution is 6.29.